The van der Waals surface area contributed by atoms with Crippen LogP contribution in [0, 0.1) is 0 Å². The molecular weight excluding hydrogens is 254 g/mol. The van der Waals surface area contributed by atoms with Crippen molar-refractivity contribution in [2.75, 3.05) is 18.9 Å². The van der Waals surface area contributed by atoms with Crippen LogP contribution in [0.5, 0.6) is 0 Å². The molecular formula is C11H17N3O3S. The number of carboxylic acids is 1. The van der Waals surface area contributed by atoms with Crippen molar-refractivity contribution in [3.05, 3.63) is 11.2 Å². The lowest BCUT2D eigenvalue weighted by Gasteiger charge is -2.17. The van der Waals surface area contributed by atoms with Crippen LogP contribution in [0.2, 0.25) is 0 Å². The fraction of sp³-hybridized carbons (Fsp3) is 0.545. The van der Waals surface area contributed by atoms with Gasteiger partial charge in [0, 0.05) is 13.6 Å². The first-order chi connectivity index (χ1) is 8.41. The van der Waals surface area contributed by atoms with Gasteiger partial charge in [-0.05, 0) is 5.92 Å². The number of urea groups is 1. The second-order valence-corrected chi connectivity index (χ2v) is 5.07. The predicted molar refractivity (Wildman–Crippen MR) is 70.1 cm³/mol. The van der Waals surface area contributed by atoms with Gasteiger partial charge in [0.05, 0.1) is 17.6 Å². The molecule has 0 saturated carbocycles. The van der Waals surface area contributed by atoms with Crippen molar-refractivity contribution < 1.29 is 14.7 Å². The molecule has 2 N–H and O–H groups in total. The molecule has 1 aromatic rings. The number of hydrogen-bond donors (Lipinski definition) is 2. The largest absolute Gasteiger partial charge is 0.481 e. The maximum atomic E-state index is 11.8. The number of amides is 2. The first-order valence-corrected chi connectivity index (χ1v) is 6.47. The number of carboxylic acid groups (broad SMARTS) is 1. The predicted octanol–water partition coefficient (Wildman–Crippen LogP) is 2.20. The summed E-state index contributed by atoms with van der Waals surface area (Å²) < 4.78 is 0. The molecule has 0 atom stereocenters. The van der Waals surface area contributed by atoms with Crippen LogP contribution < -0.4 is 5.32 Å². The monoisotopic (exact) mass is 271 g/mol. The Labute approximate surface area is 110 Å². The van der Waals surface area contributed by atoms with Crippen LogP contribution in [0.15, 0.2) is 5.51 Å². The Bertz CT molecular complexity index is 431. The third kappa shape index (κ3) is 3.99. The molecule has 0 spiro atoms. The molecule has 1 aromatic heterocycles. The Hall–Kier alpha value is -1.63. The Balaban J connectivity index is 2.58. The Morgan fingerprint density at radius 3 is 2.78 bits per heavy atom. The van der Waals surface area contributed by atoms with Crippen molar-refractivity contribution in [3.8, 4) is 0 Å². The lowest BCUT2D eigenvalue weighted by molar-refractivity contribution is -0.137. The normalized spacial score (nSPS) is 10.4. The molecule has 100 valence electrons. The zero-order chi connectivity index (χ0) is 13.7. The third-order valence-corrected chi connectivity index (χ3v) is 3.13. The summed E-state index contributed by atoms with van der Waals surface area (Å²) in [5.74, 6) is -0.689. The van der Waals surface area contributed by atoms with E-state index in [1.807, 2.05) is 13.8 Å². The molecule has 1 heterocycles. The summed E-state index contributed by atoms with van der Waals surface area (Å²) in [6.07, 6.45) is -0.0658. The van der Waals surface area contributed by atoms with Crippen LogP contribution in [0.4, 0.5) is 9.80 Å². The molecule has 0 fully saturated rings. The molecule has 18 heavy (non-hydrogen) atoms. The van der Waals surface area contributed by atoms with Crippen molar-refractivity contribution in [3.63, 3.8) is 0 Å². The van der Waals surface area contributed by atoms with Crippen LogP contribution in [0.3, 0.4) is 0 Å². The van der Waals surface area contributed by atoms with Crippen LogP contribution >= 0.6 is 11.3 Å². The van der Waals surface area contributed by atoms with Crippen LogP contribution in [-0.4, -0.2) is 40.6 Å². The average Bonchev–Trinajstić information content (AvgIpc) is 2.73. The average molecular weight is 271 g/mol. The third-order valence-electron chi connectivity index (χ3n) is 2.37. The zero-order valence-electron chi connectivity index (χ0n) is 10.6. The molecule has 0 aromatic carbocycles. The highest BCUT2D eigenvalue weighted by Crippen LogP contribution is 2.26. The number of rotatable bonds is 5. The van der Waals surface area contributed by atoms with Crippen LogP contribution in [-0.2, 0) is 4.79 Å². The maximum Gasteiger partial charge on any atom is 0.322 e. The van der Waals surface area contributed by atoms with Gasteiger partial charge < -0.3 is 10.0 Å². The molecule has 0 aliphatic rings. The van der Waals surface area contributed by atoms with Crippen LogP contribution in [0.1, 0.15) is 31.9 Å². The number of nitrogens with one attached hydrogen (secondary N) is 1. The van der Waals surface area contributed by atoms with Gasteiger partial charge in [0.2, 0.25) is 0 Å². The van der Waals surface area contributed by atoms with Gasteiger partial charge in [-0.1, -0.05) is 13.8 Å². The minimum atomic E-state index is -0.921. The topological polar surface area (TPSA) is 82.5 Å². The van der Waals surface area contributed by atoms with E-state index in [1.54, 1.807) is 12.6 Å². The van der Waals surface area contributed by atoms with Gasteiger partial charge in [-0.25, -0.2) is 9.78 Å². The van der Waals surface area contributed by atoms with Crippen molar-refractivity contribution >= 4 is 28.3 Å². The molecule has 0 aliphatic carbocycles. The zero-order valence-corrected chi connectivity index (χ0v) is 11.5. The quantitative estimate of drug-likeness (QED) is 0.860. The Morgan fingerprint density at radius 1 is 1.56 bits per heavy atom. The summed E-state index contributed by atoms with van der Waals surface area (Å²) in [6.45, 7) is 4.18. The van der Waals surface area contributed by atoms with Gasteiger partial charge in [-0.2, -0.15) is 0 Å². The Kier molecular flexibility index (Phi) is 5.08. The number of aromatic nitrogens is 1. The van der Waals surface area contributed by atoms with E-state index >= 15 is 0 Å². The summed E-state index contributed by atoms with van der Waals surface area (Å²) in [7, 11) is 1.56. The van der Waals surface area contributed by atoms with E-state index in [-0.39, 0.29) is 24.9 Å². The lowest BCUT2D eigenvalue weighted by Crippen LogP contribution is -2.33. The van der Waals surface area contributed by atoms with E-state index in [2.05, 4.69) is 10.3 Å². The van der Waals surface area contributed by atoms with Gasteiger partial charge in [0.25, 0.3) is 0 Å². The lowest BCUT2D eigenvalue weighted by atomic mass is 10.1. The van der Waals surface area contributed by atoms with E-state index in [0.717, 1.165) is 10.7 Å². The number of aliphatic carboxylic acids is 1. The summed E-state index contributed by atoms with van der Waals surface area (Å²) >= 11 is 1.36. The second kappa shape index (κ2) is 6.34. The molecule has 6 nitrogen and oxygen atoms in total. The second-order valence-electron chi connectivity index (χ2n) is 4.22. The standard InChI is InChI=1S/C11H17N3O3S/c1-7(2)9-10(18-6-12-9)13-11(17)14(3)5-4-8(15)16/h6-7H,4-5H2,1-3H3,(H,13,17)(H,15,16). The summed E-state index contributed by atoms with van der Waals surface area (Å²) in [5, 5.41) is 12.0. The summed E-state index contributed by atoms with van der Waals surface area (Å²) in [6, 6.07) is -0.317. The number of carbonyl (C=O) groups is 2. The minimum absolute atomic E-state index is 0.0658. The molecule has 0 unspecified atom stereocenters. The molecule has 2 amide bonds. The van der Waals surface area contributed by atoms with Crippen LogP contribution in [0.25, 0.3) is 0 Å². The summed E-state index contributed by atoms with van der Waals surface area (Å²) in [4.78, 5) is 27.8. The van der Waals surface area contributed by atoms with Crippen molar-refractivity contribution in [2.24, 2.45) is 0 Å². The van der Waals surface area contributed by atoms with E-state index in [0.29, 0.717) is 0 Å². The number of nitrogens with zero attached hydrogens (tertiary/aromatic N) is 2. The van der Waals surface area contributed by atoms with Gasteiger partial charge in [-0.15, -0.1) is 11.3 Å². The van der Waals surface area contributed by atoms with E-state index in [9.17, 15) is 9.59 Å². The molecule has 0 saturated heterocycles. The first kappa shape index (κ1) is 14.4. The Morgan fingerprint density at radius 2 is 2.22 bits per heavy atom. The smallest absolute Gasteiger partial charge is 0.322 e. The minimum Gasteiger partial charge on any atom is -0.481 e. The molecule has 1 rings (SSSR count). The van der Waals surface area contributed by atoms with Crippen molar-refractivity contribution in [1.29, 1.82) is 0 Å². The fourth-order valence-corrected chi connectivity index (χ4v) is 2.14. The number of hydrogen-bond acceptors (Lipinski definition) is 4. The number of thiazole rings is 1. The number of anilines is 1. The van der Waals surface area contributed by atoms with E-state index in [1.165, 1.54) is 16.2 Å². The molecule has 0 radical (unpaired) electrons. The van der Waals surface area contributed by atoms with Crippen molar-refractivity contribution in [2.45, 2.75) is 26.2 Å². The molecule has 0 bridgehead atoms. The van der Waals surface area contributed by atoms with Gasteiger partial charge >= 0.3 is 12.0 Å². The van der Waals surface area contributed by atoms with Gasteiger partial charge in [0.15, 0.2) is 0 Å². The van der Waals surface area contributed by atoms with E-state index in [4.69, 9.17) is 5.11 Å². The molecule has 0 aliphatic heterocycles. The SMILES string of the molecule is CC(C)c1ncsc1NC(=O)N(C)CCC(=O)O. The maximum absolute atomic E-state index is 11.8. The summed E-state index contributed by atoms with van der Waals surface area (Å²) in [5.41, 5.74) is 2.53. The molecule has 7 heteroatoms. The highest BCUT2D eigenvalue weighted by atomic mass is 32.1. The highest BCUT2D eigenvalue weighted by molar-refractivity contribution is 7.14. The van der Waals surface area contributed by atoms with Gasteiger partial charge in [0.1, 0.15) is 5.00 Å². The first-order valence-electron chi connectivity index (χ1n) is 5.59. The van der Waals surface area contributed by atoms with E-state index < -0.39 is 5.97 Å². The highest BCUT2D eigenvalue weighted by Gasteiger charge is 2.15. The fourth-order valence-electron chi connectivity index (χ4n) is 1.32. The van der Waals surface area contributed by atoms with Crippen molar-refractivity contribution in [1.82, 2.24) is 9.88 Å². The van der Waals surface area contributed by atoms with Gasteiger partial charge in [-0.3, -0.25) is 10.1 Å². The number of carbonyl (C=O) groups excluding carboxylic acids is 1.